The van der Waals surface area contributed by atoms with Crippen molar-refractivity contribution in [2.24, 2.45) is 5.92 Å². The van der Waals surface area contributed by atoms with Gasteiger partial charge in [-0.15, -0.1) is 0 Å². The molecule has 1 N–H and O–H groups in total. The van der Waals surface area contributed by atoms with Crippen LogP contribution < -0.4 is 4.74 Å². The molecule has 1 aromatic carbocycles. The van der Waals surface area contributed by atoms with E-state index in [9.17, 15) is 5.11 Å². The van der Waals surface area contributed by atoms with E-state index in [-0.39, 0.29) is 6.61 Å². The standard InChI is InChI=1S/C13H16Br2O2/c1-8(2)10(7-16)4-9-5-11(14)6-12(15)13(9)17-3/h4-6,8,16H,7H2,1-3H3. The lowest BCUT2D eigenvalue weighted by Crippen LogP contribution is -1.99. The van der Waals surface area contributed by atoms with Crippen molar-refractivity contribution in [1.82, 2.24) is 0 Å². The van der Waals surface area contributed by atoms with Crippen LogP contribution in [0.25, 0.3) is 6.08 Å². The number of halogens is 2. The van der Waals surface area contributed by atoms with Crippen LogP contribution in [-0.2, 0) is 0 Å². The van der Waals surface area contributed by atoms with E-state index in [1.165, 1.54) is 0 Å². The zero-order chi connectivity index (χ0) is 13.0. The number of benzene rings is 1. The van der Waals surface area contributed by atoms with E-state index in [1.54, 1.807) is 7.11 Å². The van der Waals surface area contributed by atoms with Crippen molar-refractivity contribution in [3.05, 3.63) is 32.2 Å². The highest BCUT2D eigenvalue weighted by molar-refractivity contribution is 9.11. The maximum atomic E-state index is 9.33. The molecule has 0 aliphatic heterocycles. The molecule has 0 aromatic heterocycles. The molecule has 0 fully saturated rings. The first-order chi connectivity index (χ1) is 7.99. The van der Waals surface area contributed by atoms with Crippen LogP contribution in [0, 0.1) is 5.92 Å². The third-order valence-corrected chi connectivity index (χ3v) is 3.55. The second kappa shape index (κ2) is 6.57. The third kappa shape index (κ3) is 3.83. The lowest BCUT2D eigenvalue weighted by Gasteiger charge is -2.12. The Morgan fingerprint density at radius 3 is 2.53 bits per heavy atom. The average molecular weight is 364 g/mol. The lowest BCUT2D eigenvalue weighted by atomic mass is 10.0. The second-order valence-electron chi connectivity index (χ2n) is 4.04. The van der Waals surface area contributed by atoms with E-state index in [0.29, 0.717) is 5.92 Å². The van der Waals surface area contributed by atoms with E-state index in [4.69, 9.17) is 4.74 Å². The van der Waals surface area contributed by atoms with Crippen LogP contribution in [0.15, 0.2) is 26.7 Å². The molecule has 1 aromatic rings. The minimum Gasteiger partial charge on any atom is -0.495 e. The van der Waals surface area contributed by atoms with Crippen LogP contribution in [0.2, 0.25) is 0 Å². The van der Waals surface area contributed by atoms with Crippen LogP contribution in [0.1, 0.15) is 19.4 Å². The fourth-order valence-corrected chi connectivity index (χ4v) is 2.92. The molecule has 2 nitrogen and oxygen atoms in total. The summed E-state index contributed by atoms with van der Waals surface area (Å²) in [4.78, 5) is 0. The molecule has 1 rings (SSSR count). The molecular weight excluding hydrogens is 348 g/mol. The van der Waals surface area contributed by atoms with E-state index < -0.39 is 0 Å². The van der Waals surface area contributed by atoms with Crippen LogP contribution in [0.4, 0.5) is 0 Å². The van der Waals surface area contributed by atoms with E-state index in [0.717, 1.165) is 25.8 Å². The lowest BCUT2D eigenvalue weighted by molar-refractivity contribution is 0.320. The van der Waals surface area contributed by atoms with Crippen molar-refractivity contribution in [3.8, 4) is 5.75 Å². The molecule has 0 radical (unpaired) electrons. The summed E-state index contributed by atoms with van der Waals surface area (Å²) >= 11 is 6.91. The Morgan fingerprint density at radius 1 is 1.41 bits per heavy atom. The predicted octanol–water partition coefficient (Wildman–Crippen LogP) is 4.25. The average Bonchev–Trinajstić information content (AvgIpc) is 2.24. The first kappa shape index (κ1) is 14.7. The molecule has 0 atom stereocenters. The van der Waals surface area contributed by atoms with E-state index in [2.05, 4.69) is 45.7 Å². The number of hydrogen-bond donors (Lipinski definition) is 1. The summed E-state index contributed by atoms with van der Waals surface area (Å²) in [5, 5.41) is 9.33. The molecule has 17 heavy (non-hydrogen) atoms. The molecule has 0 heterocycles. The van der Waals surface area contributed by atoms with Gasteiger partial charge in [0.1, 0.15) is 5.75 Å². The highest BCUT2D eigenvalue weighted by Gasteiger charge is 2.09. The van der Waals surface area contributed by atoms with Crippen molar-refractivity contribution < 1.29 is 9.84 Å². The monoisotopic (exact) mass is 362 g/mol. The summed E-state index contributed by atoms with van der Waals surface area (Å²) in [5.41, 5.74) is 1.93. The van der Waals surface area contributed by atoms with Gasteiger partial charge in [-0.2, -0.15) is 0 Å². The Balaban J connectivity index is 3.29. The molecular formula is C13H16Br2O2. The van der Waals surface area contributed by atoms with Gasteiger partial charge in [0, 0.05) is 10.0 Å². The van der Waals surface area contributed by atoms with Crippen molar-refractivity contribution in [2.45, 2.75) is 13.8 Å². The van der Waals surface area contributed by atoms with Crippen LogP contribution in [-0.4, -0.2) is 18.8 Å². The molecule has 0 unspecified atom stereocenters. The van der Waals surface area contributed by atoms with Gasteiger partial charge in [-0.25, -0.2) is 0 Å². The Morgan fingerprint density at radius 2 is 2.06 bits per heavy atom. The second-order valence-corrected chi connectivity index (χ2v) is 5.81. The van der Waals surface area contributed by atoms with Gasteiger partial charge in [0.2, 0.25) is 0 Å². The number of ether oxygens (including phenoxy) is 1. The van der Waals surface area contributed by atoms with Gasteiger partial charge in [0.05, 0.1) is 18.2 Å². The van der Waals surface area contributed by atoms with E-state index in [1.807, 2.05) is 18.2 Å². The molecule has 94 valence electrons. The number of hydrogen-bond acceptors (Lipinski definition) is 2. The molecule has 4 heteroatoms. The van der Waals surface area contributed by atoms with Gasteiger partial charge in [-0.05, 0) is 45.6 Å². The summed E-state index contributed by atoms with van der Waals surface area (Å²) in [7, 11) is 1.64. The molecule has 0 saturated carbocycles. The largest absolute Gasteiger partial charge is 0.495 e. The molecule has 0 aliphatic rings. The number of methoxy groups -OCH3 is 1. The quantitative estimate of drug-likeness (QED) is 0.866. The van der Waals surface area contributed by atoms with Gasteiger partial charge in [-0.3, -0.25) is 0 Å². The Hall–Kier alpha value is -0.320. The molecule has 0 aliphatic carbocycles. The summed E-state index contributed by atoms with van der Waals surface area (Å²) < 4.78 is 7.22. The first-order valence-electron chi connectivity index (χ1n) is 5.34. The van der Waals surface area contributed by atoms with Crippen molar-refractivity contribution in [2.75, 3.05) is 13.7 Å². The van der Waals surface area contributed by atoms with Crippen molar-refractivity contribution in [1.29, 1.82) is 0 Å². The number of rotatable bonds is 4. The predicted molar refractivity (Wildman–Crippen MR) is 78.3 cm³/mol. The minimum absolute atomic E-state index is 0.0605. The molecule has 0 saturated heterocycles. The number of aliphatic hydroxyl groups is 1. The first-order valence-corrected chi connectivity index (χ1v) is 6.92. The van der Waals surface area contributed by atoms with E-state index >= 15 is 0 Å². The summed E-state index contributed by atoms with van der Waals surface area (Å²) in [5.74, 6) is 1.09. The van der Waals surface area contributed by atoms with Crippen molar-refractivity contribution >= 4 is 37.9 Å². The van der Waals surface area contributed by atoms with Crippen LogP contribution >= 0.6 is 31.9 Å². The Kier molecular flexibility index (Phi) is 5.70. The maximum Gasteiger partial charge on any atom is 0.140 e. The normalized spacial score (nSPS) is 12.1. The zero-order valence-electron chi connectivity index (χ0n) is 10.1. The van der Waals surface area contributed by atoms with Crippen LogP contribution in [0.3, 0.4) is 0 Å². The van der Waals surface area contributed by atoms with Gasteiger partial charge < -0.3 is 9.84 Å². The van der Waals surface area contributed by atoms with Crippen molar-refractivity contribution in [3.63, 3.8) is 0 Å². The van der Waals surface area contributed by atoms with Gasteiger partial charge in [-0.1, -0.05) is 29.8 Å². The zero-order valence-corrected chi connectivity index (χ0v) is 13.3. The number of aliphatic hydroxyl groups excluding tert-OH is 1. The fraction of sp³-hybridized carbons (Fsp3) is 0.385. The third-order valence-electron chi connectivity index (χ3n) is 2.51. The molecule has 0 amide bonds. The maximum absolute atomic E-state index is 9.33. The summed E-state index contributed by atoms with van der Waals surface area (Å²) in [6.07, 6.45) is 1.97. The van der Waals surface area contributed by atoms with Gasteiger partial charge >= 0.3 is 0 Å². The topological polar surface area (TPSA) is 29.5 Å². The Labute approximate surface area is 119 Å². The summed E-state index contributed by atoms with van der Waals surface area (Å²) in [6, 6.07) is 3.91. The smallest absolute Gasteiger partial charge is 0.140 e. The Bertz CT molecular complexity index is 426. The highest BCUT2D eigenvalue weighted by atomic mass is 79.9. The van der Waals surface area contributed by atoms with Crippen LogP contribution in [0.5, 0.6) is 5.75 Å². The minimum atomic E-state index is 0.0605. The fourth-order valence-electron chi connectivity index (χ4n) is 1.50. The highest BCUT2D eigenvalue weighted by Crippen LogP contribution is 2.34. The SMILES string of the molecule is COc1c(Br)cc(Br)cc1C=C(CO)C(C)C. The van der Waals surface area contributed by atoms with Gasteiger partial charge in [0.15, 0.2) is 0 Å². The summed E-state index contributed by atoms with van der Waals surface area (Å²) in [6.45, 7) is 4.17. The molecule has 0 bridgehead atoms. The van der Waals surface area contributed by atoms with Gasteiger partial charge in [0.25, 0.3) is 0 Å². The molecule has 0 spiro atoms.